The second-order valence-electron chi connectivity index (χ2n) is 13.2. The normalized spacial score (nSPS) is 10.3. The van der Waals surface area contributed by atoms with Crippen LogP contribution in [0.1, 0.15) is 0 Å². The topological polar surface area (TPSA) is 143 Å². The molecule has 11 heteroatoms. The summed E-state index contributed by atoms with van der Waals surface area (Å²) in [5, 5.41) is 33.8. The van der Waals surface area contributed by atoms with E-state index in [-0.39, 0.29) is 5.29 Å². The summed E-state index contributed by atoms with van der Waals surface area (Å²) < 4.78 is 0. The van der Waals surface area contributed by atoms with E-state index >= 15 is 0 Å². The molecule has 0 bridgehead atoms. The number of nitriles is 2. The van der Waals surface area contributed by atoms with Crippen LogP contribution in [0, 0.1) is 22.7 Å². The first-order valence-electron chi connectivity index (χ1n) is 18.3. The molecule has 0 radical (unpaired) electrons. The summed E-state index contributed by atoms with van der Waals surface area (Å²) in [6.07, 6.45) is 0. The minimum atomic E-state index is -2.85. The van der Waals surface area contributed by atoms with Crippen molar-refractivity contribution in [2.75, 3.05) is 28.2 Å². The van der Waals surface area contributed by atoms with Crippen LogP contribution < -0.4 is 31.8 Å². The van der Waals surface area contributed by atoms with Gasteiger partial charge in [-0.15, -0.1) is 0 Å². The number of carbonyl (C=O) groups is 4. The van der Waals surface area contributed by atoms with E-state index in [0.29, 0.717) is 0 Å². The van der Waals surface area contributed by atoms with E-state index in [1.54, 1.807) is 0 Å². The summed E-state index contributed by atoms with van der Waals surface area (Å²) in [6.45, 7) is -4.89. The number of nitrogens with zero attached hydrogens (tertiary/aromatic N) is 4. The molecule has 0 spiro atoms. The monoisotopic (exact) mass is 818 g/mol. The van der Waals surface area contributed by atoms with Crippen molar-refractivity contribution in [1.82, 2.24) is 9.80 Å². The lowest BCUT2D eigenvalue weighted by Gasteiger charge is -2.30. The van der Waals surface area contributed by atoms with Gasteiger partial charge in [0.1, 0.15) is 11.4 Å². The minimum Gasteiger partial charge on any atom is -0.474 e. The molecule has 0 unspecified atom stereocenters. The second-order valence-corrected chi connectivity index (χ2v) is 19.7. The molecule has 296 valence electrons. The number of benzene rings is 6. The van der Waals surface area contributed by atoms with E-state index in [2.05, 4.69) is 48.5 Å². The van der Waals surface area contributed by atoms with Gasteiger partial charge in [0.15, 0.2) is 0 Å². The maximum atomic E-state index is 13.3. The summed E-state index contributed by atoms with van der Waals surface area (Å²) in [4.78, 5) is 48.0. The maximum absolute atomic E-state index is 13.3. The van der Waals surface area contributed by atoms with Crippen molar-refractivity contribution in [3.8, 4) is 12.1 Å². The van der Waals surface area contributed by atoms with Gasteiger partial charge in [-0.1, -0.05) is 182 Å². The smallest absolute Gasteiger partial charge is 0.394 e. The summed E-state index contributed by atoms with van der Waals surface area (Å²) in [5.74, 6) is -1.94. The molecule has 9 nitrogen and oxygen atoms in total. The van der Waals surface area contributed by atoms with Crippen molar-refractivity contribution in [1.29, 1.82) is 10.5 Å². The number of carboxylic acids is 1. The average molecular weight is 819 g/mol. The number of carbonyl (C=O) groups excluding carboxylic acids is 3. The Kier molecular flexibility index (Phi) is 16.3. The number of likely N-dealkylation sites (N-methyl/N-ethyl adjacent to an activating group) is 2. The third kappa shape index (κ3) is 10.3. The molecule has 0 saturated carbocycles. The molecule has 0 aromatic heterocycles. The number of aliphatic carboxylic acids is 1. The van der Waals surface area contributed by atoms with Crippen LogP contribution in [0.4, 0.5) is 0 Å². The highest BCUT2D eigenvalue weighted by Gasteiger charge is 2.36. The molecule has 0 aliphatic carbocycles. The van der Waals surface area contributed by atoms with E-state index in [0.717, 1.165) is 20.8 Å². The Balaban J connectivity index is 0.000000226. The van der Waals surface area contributed by atoms with E-state index in [1.165, 1.54) is 49.0 Å². The Morgan fingerprint density at radius 1 is 0.475 bits per heavy atom. The van der Waals surface area contributed by atoms with E-state index < -0.39 is 37.3 Å². The van der Waals surface area contributed by atoms with Crippen LogP contribution in [0.3, 0.4) is 0 Å². The molecule has 0 aliphatic rings. The predicted octanol–water partition coefficient (Wildman–Crippen LogP) is 4.80. The number of amides is 2. The molecule has 59 heavy (non-hydrogen) atoms. The van der Waals surface area contributed by atoms with Gasteiger partial charge in [-0.3, -0.25) is 14.4 Å². The van der Waals surface area contributed by atoms with E-state index in [4.69, 9.17) is 5.11 Å². The number of rotatable bonds is 8. The lowest BCUT2D eigenvalue weighted by atomic mass is 10.3. The Labute approximate surface area is 346 Å². The van der Waals surface area contributed by atoms with Crippen LogP contribution in [0.15, 0.2) is 182 Å². The van der Waals surface area contributed by atoms with Gasteiger partial charge < -0.3 is 14.9 Å². The van der Waals surface area contributed by atoms with Gasteiger partial charge in [0, 0.05) is 34.0 Å². The fraction of sp³-hybridized carbons (Fsp3) is 0.0833. The molecule has 0 saturated heterocycles. The summed E-state index contributed by atoms with van der Waals surface area (Å²) in [5.41, 5.74) is 0. The molecule has 0 atom stereocenters. The van der Waals surface area contributed by atoms with E-state index in [1.807, 2.05) is 151 Å². The predicted molar refractivity (Wildman–Crippen MR) is 243 cm³/mol. The molecule has 1 N–H and O–H groups in total. The summed E-state index contributed by atoms with van der Waals surface area (Å²) in [7, 11) is 5.80. The second kappa shape index (κ2) is 21.5. The van der Waals surface area contributed by atoms with Gasteiger partial charge >= 0.3 is 11.9 Å². The maximum Gasteiger partial charge on any atom is 0.394 e. The molecule has 6 aromatic rings. The fourth-order valence-corrected chi connectivity index (χ4v) is 13.8. The van der Waals surface area contributed by atoms with Gasteiger partial charge in [-0.05, 0) is 45.6 Å². The molecular weight excluding hydrogens is 774 g/mol. The number of Topliss-reactive ketones (excluding diaryl/α,β-unsaturated/α-hetero) is 1. The first-order valence-corrected chi connectivity index (χ1v) is 21.9. The number of ketones is 1. The SMILES string of the molecule is CN(C)C(=O)C(=O)C(C#N)=P(c1ccccc1)(c1ccccc1)c1ccccc1.CN(C)C(=O)C(=O)O.N#CC=P(c1ccccc1)(c1ccccc1)c1ccccc1. The quantitative estimate of drug-likeness (QED) is 0.172. The molecule has 2 amide bonds. The van der Waals surface area contributed by atoms with E-state index in [9.17, 15) is 29.7 Å². The highest BCUT2D eigenvalue weighted by Crippen LogP contribution is 2.46. The molecule has 0 aliphatic heterocycles. The zero-order valence-corrected chi connectivity index (χ0v) is 35.0. The van der Waals surface area contributed by atoms with Gasteiger partial charge in [0.2, 0.25) is 0 Å². The van der Waals surface area contributed by atoms with Crippen LogP contribution in [0.5, 0.6) is 0 Å². The Bertz CT molecular complexity index is 2350. The van der Waals surface area contributed by atoms with Gasteiger partial charge in [-0.2, -0.15) is 10.5 Å². The number of hydrogen-bond donors (Lipinski definition) is 1. The summed E-state index contributed by atoms with van der Waals surface area (Å²) >= 11 is 0. The Morgan fingerprint density at radius 3 is 0.949 bits per heavy atom. The Morgan fingerprint density at radius 2 is 0.746 bits per heavy atom. The number of hydrogen-bond acceptors (Lipinski definition) is 6. The van der Waals surface area contributed by atoms with Crippen molar-refractivity contribution < 1.29 is 24.3 Å². The lowest BCUT2D eigenvalue weighted by Crippen LogP contribution is -2.39. The largest absolute Gasteiger partial charge is 0.474 e. The van der Waals surface area contributed by atoms with Crippen LogP contribution in [0.25, 0.3) is 0 Å². The Hall–Kier alpha value is -7.02. The van der Waals surface area contributed by atoms with Gasteiger partial charge in [-0.25, -0.2) is 4.79 Å². The fourth-order valence-electron chi connectivity index (χ4n) is 6.31. The first kappa shape index (κ1) is 44.7. The number of carboxylic acid groups (broad SMARTS) is 1. The van der Waals surface area contributed by atoms with Crippen LogP contribution >= 0.6 is 13.8 Å². The average Bonchev–Trinajstić information content (AvgIpc) is 3.28. The van der Waals surface area contributed by atoms with Crippen molar-refractivity contribution >= 4 is 80.3 Å². The zero-order chi connectivity index (χ0) is 42.8. The standard InChI is InChI=1S/C24H21N2O2P.C20H16NP.C4H7NO3/c1-26(2)24(28)23(27)22(18-25)29(19-12-6-3-7-13-19,20-14-8-4-9-15-20)21-16-10-5-11-17-21;21-16-17-22(18-10-4-1-5-11-18,19-12-6-2-7-13-19)20-14-8-3-9-15-20;1-5(2)3(6)4(7)8/h3-17H,1-2H3;1-15,17H;1-2H3,(H,7,8). The molecular formula is C48H44N4O5P2. The van der Waals surface area contributed by atoms with Crippen molar-refractivity contribution in [2.24, 2.45) is 0 Å². The van der Waals surface area contributed by atoms with Crippen LogP contribution in [-0.2, 0) is 19.2 Å². The molecule has 6 rings (SSSR count). The minimum absolute atomic E-state index is 0.0141. The third-order valence-electron chi connectivity index (χ3n) is 9.02. The zero-order valence-electron chi connectivity index (χ0n) is 33.2. The first-order chi connectivity index (χ1) is 28.5. The van der Waals surface area contributed by atoms with Gasteiger partial charge in [0.25, 0.3) is 11.7 Å². The molecule has 0 fully saturated rings. The van der Waals surface area contributed by atoms with Crippen molar-refractivity contribution in [2.45, 2.75) is 0 Å². The third-order valence-corrected chi connectivity index (χ3v) is 17.1. The van der Waals surface area contributed by atoms with Crippen molar-refractivity contribution in [3.05, 3.63) is 182 Å². The highest BCUT2D eigenvalue weighted by molar-refractivity contribution is 7.97. The van der Waals surface area contributed by atoms with Gasteiger partial charge in [0.05, 0.1) is 6.07 Å². The lowest BCUT2D eigenvalue weighted by molar-refractivity contribution is -0.154. The van der Waals surface area contributed by atoms with Crippen LogP contribution in [-0.4, -0.2) is 77.8 Å². The van der Waals surface area contributed by atoms with Crippen molar-refractivity contribution in [3.63, 3.8) is 0 Å². The summed E-state index contributed by atoms with van der Waals surface area (Å²) in [6, 6.07) is 64.1. The highest BCUT2D eigenvalue weighted by atomic mass is 31.2. The molecule has 0 heterocycles. The molecule has 6 aromatic carbocycles. The van der Waals surface area contributed by atoms with Crippen LogP contribution in [0.2, 0.25) is 0 Å².